The Balaban J connectivity index is 1.89. The molecule has 21 heavy (non-hydrogen) atoms. The van der Waals surface area contributed by atoms with Gasteiger partial charge in [0.05, 0.1) is 12.1 Å². The predicted octanol–water partition coefficient (Wildman–Crippen LogP) is 3.22. The molecule has 0 spiro atoms. The Morgan fingerprint density at radius 3 is 2.90 bits per heavy atom. The Kier molecular flexibility index (Phi) is 5.72. The molecule has 2 rings (SSSR count). The van der Waals surface area contributed by atoms with Gasteiger partial charge < -0.3 is 13.9 Å². The highest BCUT2D eigenvalue weighted by Gasteiger charge is 2.11. The quantitative estimate of drug-likeness (QED) is 0.585. The normalized spacial score (nSPS) is 10.4. The molecule has 1 heterocycles. The second kappa shape index (κ2) is 7.53. The first kappa shape index (κ1) is 15.9. The average molecular weight is 349 g/mol. The van der Waals surface area contributed by atoms with E-state index in [1.165, 1.54) is 7.11 Å². The first-order valence-electron chi connectivity index (χ1n) is 5.68. The third kappa shape index (κ3) is 4.80. The second-order valence-electron chi connectivity index (χ2n) is 3.69. The first-order chi connectivity index (χ1) is 10.1. The molecular weight excluding hydrogens is 339 g/mol. The lowest BCUT2D eigenvalue weighted by atomic mass is 10.3. The number of carbonyl (C=O) groups is 1. The maximum atomic E-state index is 11.0. The molecule has 0 amide bonds. The van der Waals surface area contributed by atoms with E-state index in [1.807, 2.05) is 0 Å². The Hall–Kier alpha value is -1.44. The third-order valence-electron chi connectivity index (χ3n) is 2.23. The van der Waals surface area contributed by atoms with Crippen molar-refractivity contribution in [1.29, 1.82) is 0 Å². The summed E-state index contributed by atoms with van der Waals surface area (Å²) in [6.45, 7) is 0.0626. The maximum absolute atomic E-state index is 11.0. The Bertz CT molecular complexity index is 635. The molecule has 1 aromatic carbocycles. The van der Waals surface area contributed by atoms with Gasteiger partial charge in [0, 0.05) is 5.02 Å². The zero-order valence-electron chi connectivity index (χ0n) is 10.8. The molecule has 0 unspecified atom stereocenters. The molecule has 0 atom stereocenters. The Morgan fingerprint density at radius 1 is 1.38 bits per heavy atom. The van der Waals surface area contributed by atoms with Gasteiger partial charge in [-0.3, -0.25) is 4.79 Å². The highest BCUT2D eigenvalue weighted by atomic mass is 35.5. The topological polar surface area (TPSA) is 74.5 Å². The molecule has 0 aliphatic rings. The number of halogens is 2. The van der Waals surface area contributed by atoms with E-state index in [-0.39, 0.29) is 29.4 Å². The van der Waals surface area contributed by atoms with Gasteiger partial charge in [0.15, 0.2) is 6.61 Å². The summed E-state index contributed by atoms with van der Waals surface area (Å²) < 4.78 is 15.3. The molecule has 1 aromatic heterocycles. The largest absolute Gasteiger partial charge is 0.482 e. The first-order valence-corrected chi connectivity index (χ1v) is 7.42. The van der Waals surface area contributed by atoms with Crippen LogP contribution in [0.4, 0.5) is 0 Å². The van der Waals surface area contributed by atoms with Crippen molar-refractivity contribution in [1.82, 2.24) is 10.2 Å². The van der Waals surface area contributed by atoms with Crippen LogP contribution in [0.15, 0.2) is 27.8 Å². The number of ether oxygens (including phenoxy) is 2. The molecule has 0 radical (unpaired) electrons. The van der Waals surface area contributed by atoms with Gasteiger partial charge in [-0.15, -0.1) is 10.2 Å². The van der Waals surface area contributed by atoms with Gasteiger partial charge >= 0.3 is 5.97 Å². The lowest BCUT2D eigenvalue weighted by molar-refractivity contribution is -0.137. The minimum atomic E-state index is -0.371. The number of carbonyl (C=O) groups excluding carboxylic acids is 1. The fourth-order valence-electron chi connectivity index (χ4n) is 1.27. The SMILES string of the molecule is COC(=O)CSc1nnc(COc2ccc(Cl)cc2Cl)o1. The smallest absolute Gasteiger partial charge is 0.316 e. The predicted molar refractivity (Wildman–Crippen MR) is 77.8 cm³/mol. The van der Waals surface area contributed by atoms with Gasteiger partial charge in [-0.1, -0.05) is 35.0 Å². The van der Waals surface area contributed by atoms with E-state index in [4.69, 9.17) is 32.4 Å². The van der Waals surface area contributed by atoms with Crippen LogP contribution in [0, 0.1) is 0 Å². The van der Waals surface area contributed by atoms with Gasteiger partial charge in [-0.2, -0.15) is 0 Å². The monoisotopic (exact) mass is 348 g/mol. The second-order valence-corrected chi connectivity index (χ2v) is 5.46. The zero-order chi connectivity index (χ0) is 15.2. The Morgan fingerprint density at radius 2 is 2.19 bits per heavy atom. The summed E-state index contributed by atoms with van der Waals surface area (Å²) in [5, 5.41) is 8.75. The van der Waals surface area contributed by atoms with Crippen LogP contribution >= 0.6 is 35.0 Å². The molecular formula is C12H10Cl2N2O4S. The van der Waals surface area contributed by atoms with Crippen molar-refractivity contribution in [2.24, 2.45) is 0 Å². The van der Waals surface area contributed by atoms with Crippen LogP contribution in [-0.2, 0) is 16.1 Å². The maximum Gasteiger partial charge on any atom is 0.316 e. The summed E-state index contributed by atoms with van der Waals surface area (Å²) in [6, 6.07) is 4.88. The van der Waals surface area contributed by atoms with E-state index in [9.17, 15) is 4.79 Å². The van der Waals surface area contributed by atoms with Crippen molar-refractivity contribution in [2.45, 2.75) is 11.8 Å². The average Bonchev–Trinajstić information content (AvgIpc) is 2.92. The Labute approximate surface area is 134 Å². The summed E-state index contributed by atoms with van der Waals surface area (Å²) in [6.07, 6.45) is 0. The summed E-state index contributed by atoms with van der Waals surface area (Å²) in [7, 11) is 1.31. The number of thioether (sulfide) groups is 1. The molecule has 0 bridgehead atoms. The van der Waals surface area contributed by atoms with Crippen molar-refractivity contribution >= 4 is 40.9 Å². The van der Waals surface area contributed by atoms with E-state index in [0.717, 1.165) is 11.8 Å². The summed E-state index contributed by atoms with van der Waals surface area (Å²) in [5.41, 5.74) is 0. The summed E-state index contributed by atoms with van der Waals surface area (Å²) >= 11 is 12.8. The van der Waals surface area contributed by atoms with Crippen LogP contribution in [0.5, 0.6) is 5.75 Å². The van der Waals surface area contributed by atoms with Crippen LogP contribution in [0.2, 0.25) is 10.0 Å². The van der Waals surface area contributed by atoms with Gasteiger partial charge in [0.25, 0.3) is 11.1 Å². The fourth-order valence-corrected chi connectivity index (χ4v) is 2.34. The summed E-state index contributed by atoms with van der Waals surface area (Å²) in [5.74, 6) is 0.461. The molecule has 9 heteroatoms. The standard InChI is InChI=1S/C12H10Cl2N2O4S/c1-18-11(17)6-21-12-16-15-10(20-12)5-19-9-3-2-7(13)4-8(9)14/h2-4H,5-6H2,1H3. The highest BCUT2D eigenvalue weighted by Crippen LogP contribution is 2.28. The van der Waals surface area contributed by atoms with Crippen molar-refractivity contribution in [3.8, 4) is 5.75 Å². The number of hydrogen-bond donors (Lipinski definition) is 0. The molecule has 112 valence electrons. The number of methoxy groups -OCH3 is 1. The van der Waals surface area contributed by atoms with Gasteiger partial charge in [-0.25, -0.2) is 0 Å². The fraction of sp³-hybridized carbons (Fsp3) is 0.250. The van der Waals surface area contributed by atoms with Crippen molar-refractivity contribution in [2.75, 3.05) is 12.9 Å². The molecule has 0 aliphatic heterocycles. The van der Waals surface area contributed by atoms with Crippen molar-refractivity contribution < 1.29 is 18.7 Å². The van der Waals surface area contributed by atoms with Gasteiger partial charge in [0.2, 0.25) is 0 Å². The number of benzene rings is 1. The van der Waals surface area contributed by atoms with E-state index in [0.29, 0.717) is 15.8 Å². The minimum absolute atomic E-state index is 0.0626. The molecule has 2 aromatic rings. The number of rotatable bonds is 6. The van der Waals surface area contributed by atoms with Gasteiger partial charge in [0.1, 0.15) is 11.5 Å². The molecule has 0 saturated carbocycles. The number of esters is 1. The van der Waals surface area contributed by atoms with Crippen LogP contribution in [0.25, 0.3) is 0 Å². The number of nitrogens with zero attached hydrogens (tertiary/aromatic N) is 2. The highest BCUT2D eigenvalue weighted by molar-refractivity contribution is 7.99. The molecule has 0 aliphatic carbocycles. The van der Waals surface area contributed by atoms with Crippen molar-refractivity contribution in [3.05, 3.63) is 34.1 Å². The molecule has 0 N–H and O–H groups in total. The minimum Gasteiger partial charge on any atom is -0.482 e. The number of aromatic nitrogens is 2. The lowest BCUT2D eigenvalue weighted by Gasteiger charge is -2.05. The molecule has 6 nitrogen and oxygen atoms in total. The van der Waals surface area contributed by atoms with Gasteiger partial charge in [-0.05, 0) is 18.2 Å². The van der Waals surface area contributed by atoms with Crippen molar-refractivity contribution in [3.63, 3.8) is 0 Å². The lowest BCUT2D eigenvalue weighted by Crippen LogP contribution is -2.02. The van der Waals surface area contributed by atoms with E-state index in [1.54, 1.807) is 18.2 Å². The van der Waals surface area contributed by atoms with Crippen LogP contribution in [0.1, 0.15) is 5.89 Å². The van der Waals surface area contributed by atoms with Crippen LogP contribution < -0.4 is 4.74 Å². The zero-order valence-corrected chi connectivity index (χ0v) is 13.2. The number of hydrogen-bond acceptors (Lipinski definition) is 7. The third-order valence-corrected chi connectivity index (χ3v) is 3.56. The van der Waals surface area contributed by atoms with E-state index in [2.05, 4.69) is 14.9 Å². The van der Waals surface area contributed by atoms with E-state index >= 15 is 0 Å². The molecule has 0 saturated heterocycles. The van der Waals surface area contributed by atoms with E-state index < -0.39 is 0 Å². The van der Waals surface area contributed by atoms with Crippen LogP contribution in [-0.4, -0.2) is 29.0 Å². The molecule has 0 fully saturated rings. The summed E-state index contributed by atoms with van der Waals surface area (Å²) in [4.78, 5) is 11.0. The van der Waals surface area contributed by atoms with Crippen LogP contribution in [0.3, 0.4) is 0 Å².